The third kappa shape index (κ3) is 5.36. The molecule has 3 aromatic rings. The second-order valence-corrected chi connectivity index (χ2v) is 6.71. The fourth-order valence-electron chi connectivity index (χ4n) is 2.87. The van der Waals surface area contributed by atoms with Crippen molar-refractivity contribution in [3.8, 4) is 5.75 Å². The maximum Gasteiger partial charge on any atom is 0.387 e. The van der Waals surface area contributed by atoms with Gasteiger partial charge in [-0.15, -0.1) is 0 Å². The number of carbonyl (C=O) groups is 2. The van der Waals surface area contributed by atoms with Gasteiger partial charge in [-0.25, -0.2) is 0 Å². The summed E-state index contributed by atoms with van der Waals surface area (Å²) >= 11 is 0. The predicted octanol–water partition coefficient (Wildman–Crippen LogP) is 3.45. The maximum absolute atomic E-state index is 12.9. The first kappa shape index (κ1) is 22.7. The lowest BCUT2D eigenvalue weighted by Crippen LogP contribution is -2.20. The average molecular weight is 444 g/mol. The number of amides is 2. The van der Waals surface area contributed by atoms with Gasteiger partial charge in [0.15, 0.2) is 0 Å². The van der Waals surface area contributed by atoms with E-state index in [9.17, 15) is 18.4 Å². The first-order valence-electron chi connectivity index (χ1n) is 9.68. The summed E-state index contributed by atoms with van der Waals surface area (Å²) in [7, 11) is 1.76. The van der Waals surface area contributed by atoms with Crippen LogP contribution < -0.4 is 15.4 Å². The Morgan fingerprint density at radius 1 is 1.12 bits per heavy atom. The van der Waals surface area contributed by atoms with Crippen LogP contribution in [0.2, 0.25) is 0 Å². The van der Waals surface area contributed by atoms with E-state index >= 15 is 0 Å². The van der Waals surface area contributed by atoms with Crippen molar-refractivity contribution in [3.63, 3.8) is 0 Å². The number of anilines is 2. The summed E-state index contributed by atoms with van der Waals surface area (Å²) in [4.78, 5) is 25.2. The number of nitrogens with zero attached hydrogens (tertiary/aromatic N) is 4. The maximum atomic E-state index is 12.9. The number of alkyl halides is 2. The fourth-order valence-corrected chi connectivity index (χ4v) is 2.87. The van der Waals surface area contributed by atoms with Gasteiger partial charge in [0.25, 0.3) is 5.91 Å². The molecule has 0 bridgehead atoms. The second kappa shape index (κ2) is 9.86. The lowest BCUT2D eigenvalue weighted by molar-refractivity contribution is -0.111. The Bertz CT molecular complexity index is 1140. The van der Waals surface area contributed by atoms with Crippen LogP contribution in [0.25, 0.3) is 6.08 Å². The van der Waals surface area contributed by atoms with Crippen LogP contribution in [-0.2, 0) is 18.4 Å². The summed E-state index contributed by atoms with van der Waals surface area (Å²) in [6.07, 6.45) is 5.71. The van der Waals surface area contributed by atoms with Crippen LogP contribution in [0.5, 0.6) is 5.75 Å². The van der Waals surface area contributed by atoms with Gasteiger partial charge in [-0.1, -0.05) is 12.1 Å². The van der Waals surface area contributed by atoms with Crippen LogP contribution in [-0.4, -0.2) is 38.0 Å². The normalized spacial score (nSPS) is 11.2. The number of aromatic nitrogens is 4. The van der Waals surface area contributed by atoms with E-state index in [1.807, 2.05) is 13.8 Å². The molecule has 0 saturated heterocycles. The third-order valence-electron chi connectivity index (χ3n) is 4.63. The summed E-state index contributed by atoms with van der Waals surface area (Å²) in [5.74, 6) is -0.900. The number of benzene rings is 1. The molecule has 0 aliphatic rings. The number of hydrogen-bond donors (Lipinski definition) is 2. The number of nitrogens with one attached hydrogen (secondary N) is 2. The molecule has 0 unspecified atom stereocenters. The van der Waals surface area contributed by atoms with Crippen molar-refractivity contribution in [2.45, 2.75) is 27.0 Å². The smallest absolute Gasteiger partial charge is 0.387 e. The van der Waals surface area contributed by atoms with Crippen molar-refractivity contribution < 1.29 is 23.1 Å². The zero-order valence-electron chi connectivity index (χ0n) is 17.7. The van der Waals surface area contributed by atoms with E-state index in [0.717, 1.165) is 5.69 Å². The van der Waals surface area contributed by atoms with Gasteiger partial charge < -0.3 is 15.4 Å². The minimum Gasteiger partial charge on any atom is -0.435 e. The molecule has 2 N–H and O–H groups in total. The molecule has 0 radical (unpaired) electrons. The van der Waals surface area contributed by atoms with Crippen LogP contribution in [0.3, 0.4) is 0 Å². The molecule has 3 rings (SSSR count). The van der Waals surface area contributed by atoms with Gasteiger partial charge in [-0.2, -0.15) is 19.0 Å². The standard InChI is InChI=1S/C21H22F2N6O3/c1-4-29-19(20(31)27-16-11-24-28(3)13(16)2)17(12-25-29)26-18(30)10-7-14-5-8-15(9-6-14)32-21(22)23/h5-12,21H,4H2,1-3H3,(H,26,30)(H,27,31)/b10-7-. The number of halogens is 2. The zero-order chi connectivity index (χ0) is 23.3. The highest BCUT2D eigenvalue weighted by Gasteiger charge is 2.20. The molecule has 2 aromatic heterocycles. The van der Waals surface area contributed by atoms with E-state index in [1.54, 1.807) is 17.9 Å². The SMILES string of the molecule is CCn1ncc(NC(=O)/C=C\c2ccc(OC(F)F)cc2)c1C(=O)Nc1cnn(C)c1C. The van der Waals surface area contributed by atoms with Gasteiger partial charge in [0, 0.05) is 19.7 Å². The van der Waals surface area contributed by atoms with Crippen LogP contribution in [0.4, 0.5) is 20.2 Å². The van der Waals surface area contributed by atoms with Crippen molar-refractivity contribution >= 4 is 29.3 Å². The Labute approximate surface area is 182 Å². The molecule has 2 amide bonds. The van der Waals surface area contributed by atoms with Crippen LogP contribution in [0, 0.1) is 6.92 Å². The molecule has 0 atom stereocenters. The predicted molar refractivity (Wildman–Crippen MR) is 115 cm³/mol. The van der Waals surface area contributed by atoms with Gasteiger partial charge >= 0.3 is 6.61 Å². The van der Waals surface area contributed by atoms with Crippen molar-refractivity contribution in [1.82, 2.24) is 19.6 Å². The van der Waals surface area contributed by atoms with Crippen LogP contribution in [0.1, 0.15) is 28.7 Å². The molecular weight excluding hydrogens is 422 g/mol. The highest BCUT2D eigenvalue weighted by molar-refractivity contribution is 6.10. The summed E-state index contributed by atoms with van der Waals surface area (Å²) < 4.78 is 31.8. The topological polar surface area (TPSA) is 103 Å². The number of aryl methyl sites for hydroxylation is 2. The summed E-state index contributed by atoms with van der Waals surface area (Å²) in [5.41, 5.74) is 2.39. The van der Waals surface area contributed by atoms with Gasteiger partial charge in [-0.05, 0) is 37.6 Å². The molecule has 168 valence electrons. The Hall–Kier alpha value is -4.02. The molecular formula is C21H22F2N6O3. The van der Waals surface area contributed by atoms with E-state index in [4.69, 9.17) is 0 Å². The van der Waals surface area contributed by atoms with E-state index in [0.29, 0.717) is 17.8 Å². The largest absolute Gasteiger partial charge is 0.435 e. The fraction of sp³-hybridized carbons (Fsp3) is 0.238. The summed E-state index contributed by atoms with van der Waals surface area (Å²) in [6.45, 7) is 1.17. The second-order valence-electron chi connectivity index (χ2n) is 6.71. The van der Waals surface area contributed by atoms with E-state index in [-0.39, 0.29) is 17.1 Å². The van der Waals surface area contributed by atoms with Gasteiger partial charge in [-0.3, -0.25) is 19.0 Å². The van der Waals surface area contributed by atoms with E-state index < -0.39 is 18.4 Å². The number of hydrogen-bond acceptors (Lipinski definition) is 5. The first-order chi connectivity index (χ1) is 15.3. The Balaban J connectivity index is 1.71. The lowest BCUT2D eigenvalue weighted by atomic mass is 10.2. The molecule has 0 aliphatic carbocycles. The number of carbonyl (C=O) groups excluding carboxylic acids is 2. The quantitative estimate of drug-likeness (QED) is 0.518. The molecule has 2 heterocycles. The molecule has 0 fully saturated rings. The summed E-state index contributed by atoms with van der Waals surface area (Å²) in [5, 5.41) is 13.7. The van der Waals surface area contributed by atoms with Gasteiger partial charge in [0.2, 0.25) is 5.91 Å². The monoisotopic (exact) mass is 444 g/mol. The van der Waals surface area contributed by atoms with E-state index in [2.05, 4.69) is 25.6 Å². The minimum absolute atomic E-state index is 0.0214. The zero-order valence-corrected chi connectivity index (χ0v) is 17.7. The molecule has 1 aromatic carbocycles. The third-order valence-corrected chi connectivity index (χ3v) is 4.63. The first-order valence-corrected chi connectivity index (χ1v) is 9.68. The van der Waals surface area contributed by atoms with Gasteiger partial charge in [0.05, 0.1) is 29.5 Å². The van der Waals surface area contributed by atoms with Crippen LogP contribution in [0.15, 0.2) is 42.7 Å². The van der Waals surface area contributed by atoms with Crippen molar-refractivity contribution in [3.05, 3.63) is 59.7 Å². The highest BCUT2D eigenvalue weighted by Crippen LogP contribution is 2.20. The number of ether oxygens (including phenoxy) is 1. The number of rotatable bonds is 8. The molecule has 0 aliphatic heterocycles. The lowest BCUT2D eigenvalue weighted by Gasteiger charge is -2.09. The van der Waals surface area contributed by atoms with E-state index in [1.165, 1.54) is 47.3 Å². The molecule has 0 saturated carbocycles. The Kier molecular flexibility index (Phi) is 6.98. The molecule has 11 heteroatoms. The molecule has 32 heavy (non-hydrogen) atoms. The van der Waals surface area contributed by atoms with Gasteiger partial charge in [0.1, 0.15) is 11.4 Å². The highest BCUT2D eigenvalue weighted by atomic mass is 19.3. The summed E-state index contributed by atoms with van der Waals surface area (Å²) in [6, 6.07) is 5.81. The van der Waals surface area contributed by atoms with Crippen molar-refractivity contribution in [1.29, 1.82) is 0 Å². The van der Waals surface area contributed by atoms with Crippen molar-refractivity contribution in [2.75, 3.05) is 10.6 Å². The molecule has 0 spiro atoms. The van der Waals surface area contributed by atoms with Crippen molar-refractivity contribution in [2.24, 2.45) is 7.05 Å². The Morgan fingerprint density at radius 2 is 1.81 bits per heavy atom. The Morgan fingerprint density at radius 3 is 2.41 bits per heavy atom. The van der Waals surface area contributed by atoms with Crippen LogP contribution >= 0.6 is 0 Å². The molecule has 9 nitrogen and oxygen atoms in total. The average Bonchev–Trinajstić information content (AvgIpc) is 3.30. The minimum atomic E-state index is -2.90.